The third-order valence-electron chi connectivity index (χ3n) is 4.37. The Morgan fingerprint density at radius 1 is 1.04 bits per heavy atom. The third-order valence-corrected chi connectivity index (χ3v) is 5.05. The minimum atomic E-state index is -0.579. The molecule has 28 heavy (non-hydrogen) atoms. The van der Waals surface area contributed by atoms with Crippen molar-refractivity contribution in [2.24, 2.45) is 5.73 Å². The van der Waals surface area contributed by atoms with E-state index in [1.807, 2.05) is 43.3 Å². The number of ether oxygens (including phenoxy) is 1. The van der Waals surface area contributed by atoms with Gasteiger partial charge in [0.2, 0.25) is 0 Å². The number of halogens is 2. The Morgan fingerprint density at radius 2 is 1.71 bits per heavy atom. The van der Waals surface area contributed by atoms with Crippen LogP contribution in [0.3, 0.4) is 0 Å². The molecule has 1 amide bonds. The van der Waals surface area contributed by atoms with E-state index in [0.717, 1.165) is 27.8 Å². The van der Waals surface area contributed by atoms with Crippen molar-refractivity contribution in [3.63, 3.8) is 0 Å². The van der Waals surface area contributed by atoms with Crippen molar-refractivity contribution in [1.29, 1.82) is 0 Å². The molecule has 3 aromatic carbocycles. The van der Waals surface area contributed by atoms with Crippen LogP contribution >= 0.6 is 23.2 Å². The molecule has 0 aliphatic carbocycles. The van der Waals surface area contributed by atoms with Gasteiger partial charge in [-0.1, -0.05) is 53.5 Å². The molecule has 0 saturated heterocycles. The fourth-order valence-corrected chi connectivity index (χ4v) is 3.58. The third kappa shape index (κ3) is 4.58. The van der Waals surface area contributed by atoms with Crippen molar-refractivity contribution in [3.8, 4) is 22.6 Å². The van der Waals surface area contributed by atoms with Gasteiger partial charge < -0.3 is 15.6 Å². The van der Waals surface area contributed by atoms with Gasteiger partial charge in [-0.2, -0.15) is 0 Å². The average molecular weight is 416 g/mol. The summed E-state index contributed by atoms with van der Waals surface area (Å²) in [5.74, 6) is 0.0125. The Labute approximate surface area is 173 Å². The lowest BCUT2D eigenvalue weighted by atomic mass is 9.95. The molecule has 6 heteroatoms. The van der Waals surface area contributed by atoms with Gasteiger partial charge in [0, 0.05) is 22.0 Å². The van der Waals surface area contributed by atoms with Crippen molar-refractivity contribution in [2.45, 2.75) is 13.3 Å². The molecule has 3 rings (SSSR count). The smallest absolute Gasteiger partial charge is 0.255 e. The summed E-state index contributed by atoms with van der Waals surface area (Å²) in [5.41, 5.74) is 9.56. The van der Waals surface area contributed by atoms with Crippen LogP contribution in [-0.2, 0) is 11.2 Å². The fourth-order valence-electron chi connectivity index (χ4n) is 2.97. The van der Waals surface area contributed by atoms with Crippen LogP contribution in [-0.4, -0.2) is 17.6 Å². The van der Waals surface area contributed by atoms with Gasteiger partial charge in [-0.05, 0) is 53.4 Å². The number of benzene rings is 3. The highest BCUT2D eigenvalue weighted by molar-refractivity contribution is 6.36. The highest BCUT2D eigenvalue weighted by Gasteiger charge is 2.13. The van der Waals surface area contributed by atoms with E-state index in [-0.39, 0.29) is 12.4 Å². The average Bonchev–Trinajstić information content (AvgIpc) is 2.65. The first-order chi connectivity index (χ1) is 13.3. The first kappa shape index (κ1) is 20.1. The number of primary amides is 1. The molecule has 0 spiro atoms. The summed E-state index contributed by atoms with van der Waals surface area (Å²) in [4.78, 5) is 10.9. The molecule has 0 aliphatic rings. The van der Waals surface area contributed by atoms with Gasteiger partial charge in [0.25, 0.3) is 5.91 Å². The molecule has 0 fully saturated rings. The van der Waals surface area contributed by atoms with E-state index in [2.05, 4.69) is 0 Å². The predicted molar refractivity (Wildman–Crippen MR) is 112 cm³/mol. The first-order valence-corrected chi connectivity index (χ1v) is 9.37. The summed E-state index contributed by atoms with van der Waals surface area (Å²) in [6, 6.07) is 16.5. The Hall–Kier alpha value is -2.69. The fraction of sp³-hybridized carbons (Fsp3) is 0.136. The van der Waals surface area contributed by atoms with E-state index in [4.69, 9.17) is 33.7 Å². The zero-order valence-electron chi connectivity index (χ0n) is 15.2. The molecule has 0 aliphatic heterocycles. The summed E-state index contributed by atoms with van der Waals surface area (Å²) in [5, 5.41) is 11.2. The van der Waals surface area contributed by atoms with Gasteiger partial charge >= 0.3 is 0 Å². The van der Waals surface area contributed by atoms with Crippen molar-refractivity contribution in [3.05, 3.63) is 81.3 Å². The van der Waals surface area contributed by atoms with Crippen LogP contribution in [0.5, 0.6) is 11.5 Å². The minimum absolute atomic E-state index is 0.213. The molecule has 4 nitrogen and oxygen atoms in total. The van der Waals surface area contributed by atoms with Crippen LogP contribution in [0.15, 0.2) is 54.6 Å². The van der Waals surface area contributed by atoms with Gasteiger partial charge in [-0.25, -0.2) is 0 Å². The summed E-state index contributed by atoms with van der Waals surface area (Å²) in [6.07, 6.45) is 0.479. The molecule has 0 heterocycles. The van der Waals surface area contributed by atoms with Crippen LogP contribution in [0.4, 0.5) is 0 Å². The number of aromatic hydroxyl groups is 1. The van der Waals surface area contributed by atoms with Gasteiger partial charge in [0.15, 0.2) is 6.61 Å². The Morgan fingerprint density at radius 3 is 2.36 bits per heavy atom. The number of rotatable bonds is 6. The maximum absolute atomic E-state index is 10.9. The minimum Gasteiger partial charge on any atom is -0.507 e. The van der Waals surface area contributed by atoms with Gasteiger partial charge in [-0.3, -0.25) is 4.79 Å². The van der Waals surface area contributed by atoms with Crippen LogP contribution in [0.25, 0.3) is 11.1 Å². The Balaban J connectivity index is 1.91. The number of phenols is 1. The van der Waals surface area contributed by atoms with Crippen molar-refractivity contribution >= 4 is 29.1 Å². The molecule has 0 bridgehead atoms. The Bertz CT molecular complexity index is 1010. The second kappa shape index (κ2) is 8.55. The zero-order chi connectivity index (χ0) is 20.3. The van der Waals surface area contributed by atoms with E-state index < -0.39 is 5.91 Å². The first-order valence-electron chi connectivity index (χ1n) is 8.62. The quantitative estimate of drug-likeness (QED) is 0.585. The van der Waals surface area contributed by atoms with Crippen LogP contribution in [0.1, 0.15) is 16.7 Å². The van der Waals surface area contributed by atoms with E-state index in [1.54, 1.807) is 18.2 Å². The number of carbonyl (C=O) groups excluding carboxylic acids is 1. The maximum atomic E-state index is 10.9. The van der Waals surface area contributed by atoms with E-state index in [9.17, 15) is 9.90 Å². The van der Waals surface area contributed by atoms with Crippen molar-refractivity contribution < 1.29 is 14.6 Å². The summed E-state index contributed by atoms with van der Waals surface area (Å²) in [7, 11) is 0. The number of nitrogens with two attached hydrogens (primary N) is 1. The maximum Gasteiger partial charge on any atom is 0.255 e. The van der Waals surface area contributed by atoms with Crippen molar-refractivity contribution in [1.82, 2.24) is 0 Å². The predicted octanol–water partition coefficient (Wildman–Crippen LogP) is 5.13. The van der Waals surface area contributed by atoms with Crippen LogP contribution in [0.2, 0.25) is 10.0 Å². The van der Waals surface area contributed by atoms with Gasteiger partial charge in [-0.15, -0.1) is 0 Å². The summed E-state index contributed by atoms with van der Waals surface area (Å²) < 4.78 is 5.26. The molecule has 0 unspecified atom stereocenters. The zero-order valence-corrected chi connectivity index (χ0v) is 16.7. The van der Waals surface area contributed by atoms with Gasteiger partial charge in [0.05, 0.1) is 0 Å². The molecular weight excluding hydrogens is 397 g/mol. The Kier molecular flexibility index (Phi) is 6.12. The highest BCUT2D eigenvalue weighted by Crippen LogP contribution is 2.35. The molecule has 0 atom stereocenters. The lowest BCUT2D eigenvalue weighted by Gasteiger charge is -2.13. The molecule has 0 saturated carbocycles. The standard InChI is InChI=1S/C22H19Cl2NO3/c1-13-4-2-3-5-16(13)17-8-14(6-7-21(17)26)9-18-19(23)10-15(11-20(18)24)28-12-22(25)27/h2-8,10-11,26H,9,12H2,1H3,(H2,25,27). The molecule has 144 valence electrons. The topological polar surface area (TPSA) is 72.5 Å². The lowest BCUT2D eigenvalue weighted by molar-refractivity contribution is -0.119. The van der Waals surface area contributed by atoms with Gasteiger partial charge in [0.1, 0.15) is 11.5 Å². The van der Waals surface area contributed by atoms with Crippen LogP contribution < -0.4 is 10.5 Å². The number of carbonyl (C=O) groups is 1. The summed E-state index contributed by atoms with van der Waals surface area (Å²) in [6.45, 7) is 1.75. The second-order valence-electron chi connectivity index (χ2n) is 6.46. The normalized spacial score (nSPS) is 10.7. The number of hydrogen-bond acceptors (Lipinski definition) is 3. The molecule has 3 N–H and O–H groups in total. The van der Waals surface area contributed by atoms with Crippen molar-refractivity contribution in [2.75, 3.05) is 6.61 Å². The SMILES string of the molecule is Cc1ccccc1-c1cc(Cc2c(Cl)cc(OCC(N)=O)cc2Cl)ccc1O. The number of phenolic OH excluding ortho intramolecular Hbond substituents is 1. The molecule has 3 aromatic rings. The second-order valence-corrected chi connectivity index (χ2v) is 7.28. The monoisotopic (exact) mass is 415 g/mol. The largest absolute Gasteiger partial charge is 0.507 e. The lowest BCUT2D eigenvalue weighted by Crippen LogP contribution is -2.20. The number of hydrogen-bond donors (Lipinski definition) is 2. The number of amides is 1. The number of aryl methyl sites for hydroxylation is 1. The van der Waals surface area contributed by atoms with E-state index in [1.165, 1.54) is 0 Å². The molecular formula is C22H19Cl2NO3. The van der Waals surface area contributed by atoms with Crippen LogP contribution in [0, 0.1) is 6.92 Å². The molecule has 0 aromatic heterocycles. The van der Waals surface area contributed by atoms with E-state index >= 15 is 0 Å². The molecule has 0 radical (unpaired) electrons. The van der Waals surface area contributed by atoms with E-state index in [0.29, 0.717) is 22.2 Å². The summed E-state index contributed by atoms with van der Waals surface area (Å²) >= 11 is 12.8. The highest BCUT2D eigenvalue weighted by atomic mass is 35.5.